The maximum absolute atomic E-state index is 13.6. The first-order chi connectivity index (χ1) is 15.0. The van der Waals surface area contributed by atoms with Gasteiger partial charge in [-0.3, -0.25) is 0 Å². The number of aryl methyl sites for hydroxylation is 2. The molecule has 3 aromatic rings. The molecule has 1 fully saturated rings. The molecule has 0 atom stereocenters. The quantitative estimate of drug-likeness (QED) is 0.451. The van der Waals surface area contributed by atoms with Gasteiger partial charge in [-0.1, -0.05) is 18.2 Å². The fourth-order valence-electron chi connectivity index (χ4n) is 3.80. The van der Waals surface area contributed by atoms with E-state index in [1.807, 2.05) is 55.9 Å². The zero-order chi connectivity index (χ0) is 21.8. The van der Waals surface area contributed by atoms with Gasteiger partial charge in [0.2, 0.25) is 0 Å². The molecule has 4 rings (SSSR count). The minimum atomic E-state index is -0.180. The highest BCUT2D eigenvalue weighted by Crippen LogP contribution is 2.47. The van der Waals surface area contributed by atoms with E-state index < -0.39 is 0 Å². The first-order valence-corrected chi connectivity index (χ1v) is 10.8. The van der Waals surface area contributed by atoms with Gasteiger partial charge < -0.3 is 10.6 Å². The van der Waals surface area contributed by atoms with Crippen molar-refractivity contribution >= 4 is 5.96 Å². The van der Waals surface area contributed by atoms with Crippen molar-refractivity contribution < 1.29 is 4.39 Å². The Labute approximate surface area is 182 Å². The molecule has 7 heteroatoms. The number of benzene rings is 1. The molecular formula is C24H29FN6. The van der Waals surface area contributed by atoms with Crippen molar-refractivity contribution in [3.05, 3.63) is 77.0 Å². The topological polar surface area (TPSA) is 67.1 Å². The van der Waals surface area contributed by atoms with Gasteiger partial charge in [0, 0.05) is 30.4 Å². The van der Waals surface area contributed by atoms with E-state index in [-0.39, 0.29) is 11.2 Å². The normalized spacial score (nSPS) is 15.0. The molecule has 0 spiro atoms. The SMILES string of the molecule is CCNC(=NCc1ccc(-n2nc(C)cc2C)nc1)NCC1(c2cccc(F)c2)CC1. The second-order valence-electron chi connectivity index (χ2n) is 8.20. The number of nitrogens with one attached hydrogen (secondary N) is 2. The molecular weight excluding hydrogens is 391 g/mol. The largest absolute Gasteiger partial charge is 0.357 e. The van der Waals surface area contributed by atoms with Crippen LogP contribution in [0.1, 0.15) is 42.3 Å². The molecule has 0 amide bonds. The third kappa shape index (κ3) is 4.93. The average molecular weight is 421 g/mol. The molecule has 1 aromatic carbocycles. The Kier molecular flexibility index (Phi) is 6.02. The Morgan fingerprint density at radius 1 is 1.16 bits per heavy atom. The number of aromatic nitrogens is 3. The molecule has 2 heterocycles. The van der Waals surface area contributed by atoms with Gasteiger partial charge in [0.05, 0.1) is 12.2 Å². The molecule has 2 aromatic heterocycles. The highest BCUT2D eigenvalue weighted by Gasteiger charge is 2.44. The fourth-order valence-corrected chi connectivity index (χ4v) is 3.80. The summed E-state index contributed by atoms with van der Waals surface area (Å²) in [6.07, 6.45) is 3.95. The van der Waals surface area contributed by atoms with Crippen molar-refractivity contribution in [1.29, 1.82) is 0 Å². The van der Waals surface area contributed by atoms with E-state index in [1.165, 1.54) is 6.07 Å². The first kappa shape index (κ1) is 21.0. The van der Waals surface area contributed by atoms with Crippen LogP contribution in [0.2, 0.25) is 0 Å². The third-order valence-electron chi connectivity index (χ3n) is 5.68. The number of rotatable bonds is 7. The summed E-state index contributed by atoms with van der Waals surface area (Å²) < 4.78 is 15.5. The Balaban J connectivity index is 1.40. The van der Waals surface area contributed by atoms with Gasteiger partial charge in [-0.05, 0) is 69.0 Å². The lowest BCUT2D eigenvalue weighted by atomic mass is 9.96. The number of hydrogen-bond donors (Lipinski definition) is 2. The van der Waals surface area contributed by atoms with Crippen molar-refractivity contribution in [2.75, 3.05) is 13.1 Å². The minimum absolute atomic E-state index is 0.00124. The maximum Gasteiger partial charge on any atom is 0.191 e. The highest BCUT2D eigenvalue weighted by atomic mass is 19.1. The molecule has 0 bridgehead atoms. The minimum Gasteiger partial charge on any atom is -0.357 e. The van der Waals surface area contributed by atoms with Crippen molar-refractivity contribution in [2.45, 2.75) is 45.6 Å². The predicted molar refractivity (Wildman–Crippen MR) is 121 cm³/mol. The van der Waals surface area contributed by atoms with Gasteiger partial charge in [0.15, 0.2) is 11.8 Å². The van der Waals surface area contributed by atoms with E-state index >= 15 is 0 Å². The first-order valence-electron chi connectivity index (χ1n) is 10.8. The number of nitrogens with zero attached hydrogens (tertiary/aromatic N) is 4. The van der Waals surface area contributed by atoms with Gasteiger partial charge in [0.1, 0.15) is 5.82 Å². The van der Waals surface area contributed by atoms with Gasteiger partial charge >= 0.3 is 0 Å². The van der Waals surface area contributed by atoms with Crippen molar-refractivity contribution in [3.63, 3.8) is 0 Å². The van der Waals surface area contributed by atoms with Crippen LogP contribution >= 0.6 is 0 Å². The molecule has 1 aliphatic rings. The van der Waals surface area contributed by atoms with Gasteiger partial charge in [0.25, 0.3) is 0 Å². The molecule has 0 radical (unpaired) electrons. The summed E-state index contributed by atoms with van der Waals surface area (Å²) in [5, 5.41) is 11.2. The zero-order valence-electron chi connectivity index (χ0n) is 18.3. The van der Waals surface area contributed by atoms with Crippen LogP contribution in [-0.2, 0) is 12.0 Å². The lowest BCUT2D eigenvalue weighted by molar-refractivity contribution is 0.607. The van der Waals surface area contributed by atoms with Crippen LogP contribution in [0.25, 0.3) is 5.82 Å². The van der Waals surface area contributed by atoms with E-state index in [1.54, 1.807) is 12.1 Å². The number of pyridine rings is 1. The summed E-state index contributed by atoms with van der Waals surface area (Å²) in [5.41, 5.74) is 4.11. The van der Waals surface area contributed by atoms with Crippen LogP contribution < -0.4 is 10.6 Å². The number of guanidine groups is 1. The lowest BCUT2D eigenvalue weighted by Gasteiger charge is -2.19. The fraction of sp³-hybridized carbons (Fsp3) is 0.375. The van der Waals surface area contributed by atoms with Crippen molar-refractivity contribution in [3.8, 4) is 5.82 Å². The number of aliphatic imine (C=N–C) groups is 1. The second kappa shape index (κ2) is 8.88. The number of hydrogen-bond acceptors (Lipinski definition) is 3. The molecule has 162 valence electrons. The summed E-state index contributed by atoms with van der Waals surface area (Å²) >= 11 is 0. The Bertz CT molecular complexity index is 1070. The summed E-state index contributed by atoms with van der Waals surface area (Å²) in [6.45, 7) is 8.06. The third-order valence-corrected chi connectivity index (χ3v) is 5.68. The van der Waals surface area contributed by atoms with Crippen LogP contribution in [-0.4, -0.2) is 33.8 Å². The molecule has 0 saturated heterocycles. The van der Waals surface area contributed by atoms with Crippen LogP contribution in [0.3, 0.4) is 0 Å². The maximum atomic E-state index is 13.6. The van der Waals surface area contributed by atoms with Crippen molar-refractivity contribution in [1.82, 2.24) is 25.4 Å². The highest BCUT2D eigenvalue weighted by molar-refractivity contribution is 5.80. The molecule has 0 unspecified atom stereocenters. The van der Waals surface area contributed by atoms with E-state index in [0.29, 0.717) is 6.54 Å². The van der Waals surface area contributed by atoms with Crippen LogP contribution in [0.15, 0.2) is 53.7 Å². The van der Waals surface area contributed by atoms with Crippen LogP contribution in [0, 0.1) is 19.7 Å². The van der Waals surface area contributed by atoms with E-state index in [9.17, 15) is 4.39 Å². The van der Waals surface area contributed by atoms with Crippen LogP contribution in [0.4, 0.5) is 4.39 Å². The van der Waals surface area contributed by atoms with Crippen molar-refractivity contribution in [2.24, 2.45) is 4.99 Å². The number of halogens is 1. The van der Waals surface area contributed by atoms with E-state index in [4.69, 9.17) is 4.99 Å². The second-order valence-corrected chi connectivity index (χ2v) is 8.20. The average Bonchev–Trinajstić information content (AvgIpc) is 3.48. The van der Waals surface area contributed by atoms with Gasteiger partial charge in [-0.2, -0.15) is 5.10 Å². The summed E-state index contributed by atoms with van der Waals surface area (Å²) in [4.78, 5) is 9.25. The van der Waals surface area contributed by atoms with E-state index in [0.717, 1.165) is 60.2 Å². The molecule has 0 aliphatic heterocycles. The molecule has 31 heavy (non-hydrogen) atoms. The molecule has 1 aliphatic carbocycles. The molecule has 1 saturated carbocycles. The lowest BCUT2D eigenvalue weighted by Crippen LogP contribution is -2.41. The molecule has 6 nitrogen and oxygen atoms in total. The monoisotopic (exact) mass is 420 g/mol. The summed E-state index contributed by atoms with van der Waals surface area (Å²) in [5.74, 6) is 1.38. The Morgan fingerprint density at radius 3 is 2.61 bits per heavy atom. The predicted octanol–water partition coefficient (Wildman–Crippen LogP) is 3.81. The standard InChI is InChI=1S/C24H29FN6/c1-4-26-23(29-16-24(10-11-24)20-6-5-7-21(25)13-20)28-15-19-8-9-22(27-14-19)31-18(3)12-17(2)30-31/h5-9,12-14H,4,10-11,15-16H2,1-3H3,(H2,26,28,29). The summed E-state index contributed by atoms with van der Waals surface area (Å²) in [6, 6.07) is 13.0. The Hall–Kier alpha value is -3.22. The molecule has 2 N–H and O–H groups in total. The summed E-state index contributed by atoms with van der Waals surface area (Å²) in [7, 11) is 0. The Morgan fingerprint density at radius 2 is 2.00 bits per heavy atom. The van der Waals surface area contributed by atoms with Crippen LogP contribution in [0.5, 0.6) is 0 Å². The van der Waals surface area contributed by atoms with E-state index in [2.05, 4.69) is 20.7 Å². The zero-order valence-corrected chi connectivity index (χ0v) is 18.3. The smallest absolute Gasteiger partial charge is 0.191 e. The van der Waals surface area contributed by atoms with Gasteiger partial charge in [-0.25, -0.2) is 19.0 Å². The van der Waals surface area contributed by atoms with Gasteiger partial charge in [-0.15, -0.1) is 0 Å².